The first kappa shape index (κ1) is 34.9. The number of nitrogens with one attached hydrogen (secondary N) is 1. The van der Waals surface area contributed by atoms with Crippen LogP contribution in [0.5, 0.6) is 5.75 Å². The highest BCUT2D eigenvalue weighted by atomic mass is 35.5. The van der Waals surface area contributed by atoms with Crippen molar-refractivity contribution in [2.24, 2.45) is 0 Å². The molecule has 1 unspecified atom stereocenters. The average molecular weight is 700 g/mol. The van der Waals surface area contributed by atoms with Crippen LogP contribution in [0, 0.1) is 27.7 Å². The van der Waals surface area contributed by atoms with Crippen LogP contribution >= 0.6 is 11.6 Å². The fourth-order valence-electron chi connectivity index (χ4n) is 6.35. The fourth-order valence-corrected chi connectivity index (χ4v) is 9.20. The van der Waals surface area contributed by atoms with Gasteiger partial charge in [0, 0.05) is 46.3 Å². The summed E-state index contributed by atoms with van der Waals surface area (Å²) >= 11 is 6.28. The number of piperidine rings is 1. The van der Waals surface area contributed by atoms with E-state index in [0.717, 1.165) is 63.3 Å². The molecule has 0 bridgehead atoms. The second kappa shape index (κ2) is 14.0. The Hall–Kier alpha value is -3.38. The van der Waals surface area contributed by atoms with Gasteiger partial charge >= 0.3 is 0 Å². The second-order valence-corrected chi connectivity index (χ2v) is 16.2. The van der Waals surface area contributed by atoms with Crippen molar-refractivity contribution in [3.05, 3.63) is 87.6 Å². The van der Waals surface area contributed by atoms with Gasteiger partial charge in [0.1, 0.15) is 5.75 Å². The molecule has 0 spiro atoms. The van der Waals surface area contributed by atoms with E-state index >= 15 is 0 Å². The normalized spacial score (nSPS) is 16.0. The van der Waals surface area contributed by atoms with Gasteiger partial charge in [-0.05, 0) is 119 Å². The summed E-state index contributed by atoms with van der Waals surface area (Å²) < 4.78 is 64.8. The maximum atomic E-state index is 13.3. The first-order chi connectivity index (χ1) is 22.2. The fraction of sp³-hybridized carbons (Fsp3) is 0.400. The summed E-state index contributed by atoms with van der Waals surface area (Å²) in [6.45, 7) is 11.5. The molecule has 1 aliphatic rings. The number of fused-ring (bicyclic) bond motifs is 1. The molecule has 12 heteroatoms. The van der Waals surface area contributed by atoms with Crippen LogP contribution < -0.4 is 9.46 Å². The smallest absolute Gasteiger partial charge is 0.265 e. The second-order valence-electron chi connectivity index (χ2n) is 12.2. The Morgan fingerprint density at radius 2 is 1.60 bits per heavy atom. The standard InChI is InChI=1S/C35H42ClN3O6S2/c1-6-28-10-7-8-18-39(28)47(43,44)31-14-12-30(13-15-31)46(41,42)37-35(40)27-11-16-32-25(4)26(5)38(33(32)22-27)17-9-19-45-29-20-23(2)34(36)24(3)21-29/h11-16,20-22,28H,6-10,17-19H2,1-5H3,(H,37,40). The number of halogens is 1. The van der Waals surface area contributed by atoms with E-state index in [4.69, 9.17) is 16.3 Å². The largest absolute Gasteiger partial charge is 0.494 e. The minimum Gasteiger partial charge on any atom is -0.494 e. The minimum atomic E-state index is -4.27. The first-order valence-electron chi connectivity index (χ1n) is 15.9. The zero-order chi connectivity index (χ0) is 34.1. The van der Waals surface area contributed by atoms with Crippen LogP contribution in [-0.4, -0.2) is 50.8 Å². The summed E-state index contributed by atoms with van der Waals surface area (Å²) in [6, 6.07) is 13.9. The van der Waals surface area contributed by atoms with Crippen LogP contribution in [0.15, 0.2) is 64.4 Å². The molecular weight excluding hydrogens is 658 g/mol. The molecule has 5 rings (SSSR count). The Bertz CT molecular complexity index is 2000. The number of aryl methyl sites for hydroxylation is 4. The Morgan fingerprint density at radius 3 is 2.26 bits per heavy atom. The Labute approximate surface area is 283 Å². The van der Waals surface area contributed by atoms with Crippen LogP contribution in [0.4, 0.5) is 0 Å². The number of carbonyl (C=O) groups excluding carboxylic acids is 1. The number of nitrogens with zero attached hydrogens (tertiary/aromatic N) is 2. The lowest BCUT2D eigenvalue weighted by atomic mass is 10.0. The maximum absolute atomic E-state index is 13.3. The predicted octanol–water partition coefficient (Wildman–Crippen LogP) is 7.07. The van der Waals surface area contributed by atoms with Crippen molar-refractivity contribution in [1.82, 2.24) is 13.6 Å². The number of carbonyl (C=O) groups is 1. The monoisotopic (exact) mass is 699 g/mol. The molecule has 3 aromatic carbocycles. The maximum Gasteiger partial charge on any atom is 0.265 e. The Kier molecular flexibility index (Phi) is 10.4. The van der Waals surface area contributed by atoms with E-state index in [-0.39, 0.29) is 21.4 Å². The van der Waals surface area contributed by atoms with Crippen LogP contribution in [0.2, 0.25) is 5.02 Å². The third-order valence-corrected chi connectivity index (χ3v) is 13.0. The van der Waals surface area contributed by atoms with Gasteiger partial charge in [-0.3, -0.25) is 4.79 Å². The van der Waals surface area contributed by atoms with Gasteiger partial charge in [0.2, 0.25) is 10.0 Å². The lowest BCUT2D eigenvalue weighted by Crippen LogP contribution is -2.43. The van der Waals surface area contributed by atoms with E-state index in [2.05, 4.69) is 9.29 Å². The van der Waals surface area contributed by atoms with E-state index in [1.54, 1.807) is 12.1 Å². The third kappa shape index (κ3) is 7.23. The predicted molar refractivity (Wildman–Crippen MR) is 185 cm³/mol. The molecule has 1 saturated heterocycles. The molecule has 1 amide bonds. The SMILES string of the molecule is CCC1CCCCN1S(=O)(=O)c1ccc(S(=O)(=O)NC(=O)c2ccc3c(C)c(C)n(CCCOc4cc(C)c(Cl)c(C)c4)c3c2)cc1. The van der Waals surface area contributed by atoms with Crippen molar-refractivity contribution in [1.29, 1.82) is 0 Å². The summed E-state index contributed by atoms with van der Waals surface area (Å²) in [5.41, 5.74) is 5.06. The summed E-state index contributed by atoms with van der Waals surface area (Å²) in [7, 11) is -8.04. The first-order valence-corrected chi connectivity index (χ1v) is 19.2. The molecule has 0 saturated carbocycles. The molecular formula is C35H42ClN3O6S2. The van der Waals surface area contributed by atoms with Gasteiger partial charge in [0.05, 0.1) is 16.4 Å². The van der Waals surface area contributed by atoms with Crippen molar-refractivity contribution >= 4 is 48.5 Å². The number of sulfonamides is 2. The van der Waals surface area contributed by atoms with E-state index in [1.165, 1.54) is 28.6 Å². The summed E-state index contributed by atoms with van der Waals surface area (Å²) in [4.78, 5) is 13.1. The molecule has 1 fully saturated rings. The molecule has 0 radical (unpaired) electrons. The number of aromatic nitrogens is 1. The summed E-state index contributed by atoms with van der Waals surface area (Å²) in [6.07, 6.45) is 4.01. The van der Waals surface area contributed by atoms with Crippen molar-refractivity contribution in [2.45, 2.75) is 89.1 Å². The van der Waals surface area contributed by atoms with Crippen molar-refractivity contribution < 1.29 is 26.4 Å². The van der Waals surface area contributed by atoms with E-state index < -0.39 is 26.0 Å². The van der Waals surface area contributed by atoms with Crippen LogP contribution in [-0.2, 0) is 26.6 Å². The number of hydrogen-bond donors (Lipinski definition) is 1. The topological polar surface area (TPSA) is 115 Å². The number of ether oxygens (including phenoxy) is 1. The van der Waals surface area contributed by atoms with E-state index in [0.29, 0.717) is 32.5 Å². The van der Waals surface area contributed by atoms with Gasteiger partial charge in [-0.25, -0.2) is 21.6 Å². The molecule has 4 aromatic rings. The molecule has 2 heterocycles. The lowest BCUT2D eigenvalue weighted by Gasteiger charge is -2.34. The van der Waals surface area contributed by atoms with Crippen molar-refractivity contribution in [3.63, 3.8) is 0 Å². The molecule has 1 aliphatic heterocycles. The molecule has 252 valence electrons. The Morgan fingerprint density at radius 1 is 0.936 bits per heavy atom. The van der Waals surface area contributed by atoms with Gasteiger partial charge in [0.25, 0.3) is 15.9 Å². The molecule has 1 aromatic heterocycles. The van der Waals surface area contributed by atoms with Crippen LogP contribution in [0.25, 0.3) is 10.9 Å². The van der Waals surface area contributed by atoms with Gasteiger partial charge in [-0.15, -0.1) is 0 Å². The highest BCUT2D eigenvalue weighted by molar-refractivity contribution is 7.90. The average Bonchev–Trinajstić information content (AvgIpc) is 3.29. The number of hydrogen-bond acceptors (Lipinski definition) is 6. The lowest BCUT2D eigenvalue weighted by molar-refractivity contribution is 0.0981. The molecule has 1 N–H and O–H groups in total. The van der Waals surface area contributed by atoms with Gasteiger partial charge in [-0.2, -0.15) is 4.31 Å². The summed E-state index contributed by atoms with van der Waals surface area (Å²) in [5, 5.41) is 1.71. The zero-order valence-electron chi connectivity index (χ0n) is 27.5. The van der Waals surface area contributed by atoms with E-state index in [1.807, 2.05) is 52.8 Å². The molecule has 1 atom stereocenters. The van der Waals surface area contributed by atoms with Crippen molar-refractivity contribution in [2.75, 3.05) is 13.2 Å². The van der Waals surface area contributed by atoms with Gasteiger partial charge in [-0.1, -0.05) is 31.0 Å². The molecule has 0 aliphatic carbocycles. The minimum absolute atomic E-state index is 0.0314. The Balaban J connectivity index is 1.29. The van der Waals surface area contributed by atoms with Crippen molar-refractivity contribution in [3.8, 4) is 5.75 Å². The molecule has 9 nitrogen and oxygen atoms in total. The quantitative estimate of drug-likeness (QED) is 0.168. The van der Waals surface area contributed by atoms with Crippen LogP contribution in [0.3, 0.4) is 0 Å². The highest BCUT2D eigenvalue weighted by Crippen LogP contribution is 2.30. The number of benzene rings is 3. The van der Waals surface area contributed by atoms with Gasteiger partial charge in [0.15, 0.2) is 0 Å². The summed E-state index contributed by atoms with van der Waals surface area (Å²) in [5.74, 6) is -0.0131. The highest BCUT2D eigenvalue weighted by Gasteiger charge is 2.33. The third-order valence-electron chi connectivity index (χ3n) is 9.12. The van der Waals surface area contributed by atoms with Gasteiger partial charge < -0.3 is 9.30 Å². The zero-order valence-corrected chi connectivity index (χ0v) is 29.9. The van der Waals surface area contributed by atoms with Crippen LogP contribution in [0.1, 0.15) is 71.8 Å². The van der Waals surface area contributed by atoms with E-state index in [9.17, 15) is 21.6 Å². The number of amides is 1. The number of rotatable bonds is 11. The molecule has 47 heavy (non-hydrogen) atoms.